The molecule has 0 radical (unpaired) electrons. The maximum atomic E-state index is 13.4. The van der Waals surface area contributed by atoms with Gasteiger partial charge in [0, 0.05) is 31.6 Å². The van der Waals surface area contributed by atoms with E-state index in [2.05, 4.69) is 15.6 Å². The third-order valence-corrected chi connectivity index (χ3v) is 4.71. The van der Waals surface area contributed by atoms with Crippen LogP contribution in [-0.2, 0) is 17.5 Å². The van der Waals surface area contributed by atoms with Crippen molar-refractivity contribution in [2.75, 3.05) is 26.7 Å². The molecule has 0 aromatic heterocycles. The van der Waals surface area contributed by atoms with Gasteiger partial charge in [0.05, 0.1) is 19.2 Å². The summed E-state index contributed by atoms with van der Waals surface area (Å²) in [5.41, 5.74) is -0.690. The monoisotopic (exact) mass is 414 g/mol. The average Bonchev–Trinajstić information content (AvgIpc) is 3.13. The van der Waals surface area contributed by atoms with E-state index in [9.17, 15) is 18.0 Å². The van der Waals surface area contributed by atoms with E-state index >= 15 is 0 Å². The molecule has 2 N–H and O–H groups in total. The summed E-state index contributed by atoms with van der Waals surface area (Å²) in [4.78, 5) is 18.3. The van der Waals surface area contributed by atoms with Crippen molar-refractivity contribution in [3.05, 3.63) is 29.3 Å². The van der Waals surface area contributed by atoms with Crippen molar-refractivity contribution < 1.29 is 22.7 Å². The molecule has 1 atom stereocenters. The number of amides is 1. The molecule has 162 valence electrons. The van der Waals surface area contributed by atoms with E-state index < -0.39 is 11.7 Å². The van der Waals surface area contributed by atoms with Gasteiger partial charge in [-0.15, -0.1) is 0 Å². The second-order valence-electron chi connectivity index (χ2n) is 7.28. The first-order chi connectivity index (χ1) is 13.7. The summed E-state index contributed by atoms with van der Waals surface area (Å²) in [6.45, 7) is 7.26. The Hall–Kier alpha value is -2.45. The number of guanidine groups is 1. The molecule has 0 saturated carbocycles. The molecular formula is C20H29F3N4O2. The molecule has 1 amide bonds. The minimum absolute atomic E-state index is 0.00783. The van der Waals surface area contributed by atoms with Crippen molar-refractivity contribution in [1.82, 2.24) is 15.5 Å². The molecule has 0 spiro atoms. The summed E-state index contributed by atoms with van der Waals surface area (Å²) in [5, 5.41) is 6.29. The Bertz CT molecular complexity index is 735. The lowest BCUT2D eigenvalue weighted by Gasteiger charge is -2.20. The summed E-state index contributed by atoms with van der Waals surface area (Å²) >= 11 is 0. The molecule has 1 aliphatic rings. The first-order valence-corrected chi connectivity index (χ1v) is 9.73. The van der Waals surface area contributed by atoms with E-state index in [1.807, 2.05) is 20.8 Å². The van der Waals surface area contributed by atoms with E-state index in [1.54, 1.807) is 4.90 Å². The van der Waals surface area contributed by atoms with Crippen molar-refractivity contribution in [3.8, 4) is 5.75 Å². The molecule has 1 aliphatic heterocycles. The van der Waals surface area contributed by atoms with Gasteiger partial charge in [-0.1, -0.05) is 19.9 Å². The predicted molar refractivity (Wildman–Crippen MR) is 106 cm³/mol. The van der Waals surface area contributed by atoms with Crippen LogP contribution in [0.2, 0.25) is 0 Å². The Morgan fingerprint density at radius 1 is 1.38 bits per heavy atom. The van der Waals surface area contributed by atoms with Crippen LogP contribution in [0.4, 0.5) is 13.2 Å². The maximum Gasteiger partial charge on any atom is 0.416 e. The summed E-state index contributed by atoms with van der Waals surface area (Å²) in [6.07, 6.45) is -3.73. The Morgan fingerprint density at radius 3 is 2.69 bits per heavy atom. The third kappa shape index (κ3) is 6.27. The normalized spacial score (nSPS) is 17.6. The zero-order chi connectivity index (χ0) is 21.6. The SMILES string of the molecule is CCNC(=NCc1ccc(OC)cc1C(F)(F)F)NC1CCN(C(=O)C(C)C)C1. The van der Waals surface area contributed by atoms with E-state index in [0.717, 1.165) is 12.5 Å². The number of benzene rings is 1. The summed E-state index contributed by atoms with van der Waals surface area (Å²) in [7, 11) is 1.33. The van der Waals surface area contributed by atoms with Crippen LogP contribution in [0, 0.1) is 5.92 Å². The Kier molecular flexibility index (Phi) is 7.75. The number of hydrogen-bond acceptors (Lipinski definition) is 3. The number of alkyl halides is 3. The third-order valence-electron chi connectivity index (χ3n) is 4.71. The van der Waals surface area contributed by atoms with E-state index in [-0.39, 0.29) is 35.7 Å². The van der Waals surface area contributed by atoms with Gasteiger partial charge in [-0.3, -0.25) is 4.79 Å². The van der Waals surface area contributed by atoms with E-state index in [0.29, 0.717) is 25.6 Å². The second kappa shape index (κ2) is 9.84. The van der Waals surface area contributed by atoms with Gasteiger partial charge in [-0.2, -0.15) is 13.2 Å². The molecule has 1 heterocycles. The number of methoxy groups -OCH3 is 1. The zero-order valence-corrected chi connectivity index (χ0v) is 17.3. The molecule has 1 saturated heterocycles. The van der Waals surface area contributed by atoms with Gasteiger partial charge in [-0.05, 0) is 31.0 Å². The lowest BCUT2D eigenvalue weighted by Crippen LogP contribution is -2.45. The first-order valence-electron chi connectivity index (χ1n) is 9.73. The highest BCUT2D eigenvalue weighted by atomic mass is 19.4. The summed E-state index contributed by atoms with van der Waals surface area (Å²) < 4.78 is 45.0. The summed E-state index contributed by atoms with van der Waals surface area (Å²) in [5.74, 6) is 0.618. The van der Waals surface area contributed by atoms with Crippen LogP contribution in [0.25, 0.3) is 0 Å². The summed E-state index contributed by atoms with van der Waals surface area (Å²) in [6, 6.07) is 3.87. The second-order valence-corrected chi connectivity index (χ2v) is 7.28. The van der Waals surface area contributed by atoms with Crippen LogP contribution < -0.4 is 15.4 Å². The fourth-order valence-electron chi connectivity index (χ4n) is 3.21. The molecule has 1 aromatic carbocycles. The zero-order valence-electron chi connectivity index (χ0n) is 17.3. The standard InChI is InChI=1S/C20H29F3N4O2/c1-5-24-19(26-15-8-9-27(12-15)18(28)13(2)3)25-11-14-6-7-16(29-4)10-17(14)20(21,22)23/h6-7,10,13,15H,5,8-9,11-12H2,1-4H3,(H2,24,25,26). The van der Waals surface area contributed by atoms with E-state index in [1.165, 1.54) is 19.2 Å². The predicted octanol–water partition coefficient (Wildman–Crippen LogP) is 3.03. The molecule has 29 heavy (non-hydrogen) atoms. The average molecular weight is 414 g/mol. The van der Waals surface area contributed by atoms with Gasteiger partial charge < -0.3 is 20.3 Å². The van der Waals surface area contributed by atoms with Gasteiger partial charge >= 0.3 is 6.18 Å². The number of carbonyl (C=O) groups excluding carboxylic acids is 1. The van der Waals surface area contributed by atoms with Crippen LogP contribution in [0.5, 0.6) is 5.75 Å². The van der Waals surface area contributed by atoms with Gasteiger partial charge in [0.25, 0.3) is 0 Å². The number of carbonyl (C=O) groups is 1. The number of nitrogens with zero attached hydrogens (tertiary/aromatic N) is 2. The number of likely N-dealkylation sites (tertiary alicyclic amines) is 1. The lowest BCUT2D eigenvalue weighted by atomic mass is 10.1. The molecular weight excluding hydrogens is 385 g/mol. The minimum atomic E-state index is -4.49. The van der Waals surface area contributed by atoms with Gasteiger partial charge in [0.15, 0.2) is 5.96 Å². The van der Waals surface area contributed by atoms with Crippen molar-refractivity contribution in [2.24, 2.45) is 10.9 Å². The molecule has 1 fully saturated rings. The largest absolute Gasteiger partial charge is 0.497 e. The lowest BCUT2D eigenvalue weighted by molar-refractivity contribution is -0.138. The topological polar surface area (TPSA) is 66.0 Å². The molecule has 9 heteroatoms. The number of ether oxygens (including phenoxy) is 1. The fraction of sp³-hybridized carbons (Fsp3) is 0.600. The Morgan fingerprint density at radius 2 is 2.10 bits per heavy atom. The van der Waals surface area contributed by atoms with Crippen LogP contribution in [0.3, 0.4) is 0 Å². The van der Waals surface area contributed by atoms with Crippen molar-refractivity contribution >= 4 is 11.9 Å². The number of nitrogens with one attached hydrogen (secondary N) is 2. The van der Waals surface area contributed by atoms with Gasteiger partial charge in [0.1, 0.15) is 5.75 Å². The van der Waals surface area contributed by atoms with Crippen LogP contribution in [0.1, 0.15) is 38.3 Å². The quantitative estimate of drug-likeness (QED) is 0.555. The maximum absolute atomic E-state index is 13.4. The number of rotatable bonds is 6. The molecule has 1 unspecified atom stereocenters. The number of halogens is 3. The Balaban J connectivity index is 2.11. The van der Waals surface area contributed by atoms with Crippen LogP contribution in [-0.4, -0.2) is 49.6 Å². The first kappa shape index (κ1) is 22.8. The highest BCUT2D eigenvalue weighted by Crippen LogP contribution is 2.34. The van der Waals surface area contributed by atoms with Gasteiger partial charge in [-0.25, -0.2) is 4.99 Å². The van der Waals surface area contributed by atoms with E-state index in [4.69, 9.17) is 4.74 Å². The minimum Gasteiger partial charge on any atom is -0.497 e. The van der Waals surface area contributed by atoms with Crippen molar-refractivity contribution in [2.45, 2.75) is 46.0 Å². The van der Waals surface area contributed by atoms with Crippen LogP contribution in [0.15, 0.2) is 23.2 Å². The van der Waals surface area contributed by atoms with Crippen molar-refractivity contribution in [1.29, 1.82) is 0 Å². The molecule has 0 aliphatic carbocycles. The smallest absolute Gasteiger partial charge is 0.416 e. The fourth-order valence-corrected chi connectivity index (χ4v) is 3.21. The van der Waals surface area contributed by atoms with Crippen molar-refractivity contribution in [3.63, 3.8) is 0 Å². The highest BCUT2D eigenvalue weighted by Gasteiger charge is 2.34. The number of aliphatic imine (C=N–C) groups is 1. The number of hydrogen-bond donors (Lipinski definition) is 2. The van der Waals surface area contributed by atoms with Gasteiger partial charge in [0.2, 0.25) is 5.91 Å². The Labute approximate surface area is 169 Å². The molecule has 2 rings (SSSR count). The molecule has 1 aromatic rings. The highest BCUT2D eigenvalue weighted by molar-refractivity contribution is 5.81. The van der Waals surface area contributed by atoms with Crippen LogP contribution >= 0.6 is 0 Å². The molecule has 6 nitrogen and oxygen atoms in total. The molecule has 0 bridgehead atoms.